The van der Waals surface area contributed by atoms with Crippen molar-refractivity contribution >= 4 is 27.6 Å². The Morgan fingerprint density at radius 1 is 1.31 bits per heavy atom. The van der Waals surface area contributed by atoms with Gasteiger partial charge < -0.3 is 4.74 Å². The number of hydrogen-bond donors (Lipinski definition) is 1. The zero-order valence-electron chi connectivity index (χ0n) is 9.43. The average Bonchev–Trinajstić information content (AvgIpc) is 2.39. The van der Waals surface area contributed by atoms with Crippen LogP contribution >= 0.6 is 22.5 Å². The second kappa shape index (κ2) is 6.28. The fraction of sp³-hybridized carbons (Fsp3) is 0.909. The molecule has 2 atom stereocenters. The van der Waals surface area contributed by atoms with Crippen LogP contribution in [0.15, 0.2) is 0 Å². The molecule has 1 aliphatic heterocycles. The minimum atomic E-state index is 0.226. The van der Waals surface area contributed by atoms with E-state index in [0.717, 1.165) is 49.9 Å². The Labute approximate surface area is 106 Å². The van der Waals surface area contributed by atoms with E-state index in [1.807, 2.05) is 0 Å². The molecule has 0 N–H and O–H groups in total. The summed E-state index contributed by atoms with van der Waals surface area (Å²) in [6.07, 6.45) is 4.48. The fourth-order valence-electron chi connectivity index (χ4n) is 2.73. The second-order valence-corrected chi connectivity index (χ2v) is 5.71. The molecule has 0 spiro atoms. The smallest absolute Gasteiger partial charge is 0.202 e. The molecular formula is C11H19NO2S2. The van der Waals surface area contributed by atoms with Gasteiger partial charge in [0.05, 0.1) is 13.2 Å². The first kappa shape index (κ1) is 12.7. The van der Waals surface area contributed by atoms with Gasteiger partial charge in [-0.25, -0.2) is 0 Å². The third-order valence-corrected chi connectivity index (χ3v) is 4.69. The van der Waals surface area contributed by atoms with Gasteiger partial charge in [0.25, 0.3) is 0 Å². The normalized spacial score (nSPS) is 32.6. The highest BCUT2D eigenvalue weighted by Gasteiger charge is 2.30. The number of morpholine rings is 1. The Kier molecular flexibility index (Phi) is 5.00. The molecule has 1 saturated heterocycles. The van der Waals surface area contributed by atoms with E-state index >= 15 is 0 Å². The third kappa shape index (κ3) is 3.15. The molecule has 2 aliphatic rings. The van der Waals surface area contributed by atoms with Crippen molar-refractivity contribution in [3.63, 3.8) is 0 Å². The Hall–Kier alpha value is 0.290. The van der Waals surface area contributed by atoms with E-state index in [4.69, 9.17) is 4.74 Å². The van der Waals surface area contributed by atoms with Crippen LogP contribution in [-0.2, 0) is 9.53 Å². The highest BCUT2D eigenvalue weighted by atomic mass is 33.1. The van der Waals surface area contributed by atoms with Gasteiger partial charge in [0.15, 0.2) is 0 Å². The van der Waals surface area contributed by atoms with Gasteiger partial charge in [-0.15, -0.1) is 11.7 Å². The van der Waals surface area contributed by atoms with Crippen LogP contribution in [0.2, 0.25) is 0 Å². The molecule has 0 amide bonds. The largest absolute Gasteiger partial charge is 0.379 e. The van der Waals surface area contributed by atoms with Crippen molar-refractivity contribution in [2.75, 3.05) is 26.3 Å². The molecule has 1 heterocycles. The fourth-order valence-corrected chi connectivity index (χ4v) is 3.54. The number of carbonyl (C=O) groups excluding carboxylic acids is 1. The van der Waals surface area contributed by atoms with Gasteiger partial charge in [0.1, 0.15) is 0 Å². The minimum Gasteiger partial charge on any atom is -0.379 e. The molecule has 1 saturated carbocycles. The first-order valence-electron chi connectivity index (χ1n) is 5.98. The predicted molar refractivity (Wildman–Crippen MR) is 69.7 cm³/mol. The van der Waals surface area contributed by atoms with Crippen LogP contribution in [0.4, 0.5) is 0 Å². The van der Waals surface area contributed by atoms with E-state index < -0.39 is 0 Å². The average molecular weight is 261 g/mol. The van der Waals surface area contributed by atoms with Crippen LogP contribution in [0.5, 0.6) is 0 Å². The number of rotatable bonds is 2. The minimum absolute atomic E-state index is 0.226. The van der Waals surface area contributed by atoms with Crippen molar-refractivity contribution in [3.05, 3.63) is 0 Å². The Bertz CT molecular complexity index is 244. The molecule has 2 rings (SSSR count). The van der Waals surface area contributed by atoms with Gasteiger partial charge in [0, 0.05) is 25.0 Å². The summed E-state index contributed by atoms with van der Waals surface area (Å²) in [5, 5.41) is 0.251. The first-order valence-corrected chi connectivity index (χ1v) is 7.85. The molecule has 0 bridgehead atoms. The number of carbonyl (C=O) groups is 1. The summed E-state index contributed by atoms with van der Waals surface area (Å²) < 4.78 is 5.36. The standard InChI is InChI=1S/C11H19NO2S2/c13-11(16-15)9-2-1-3-10(8-9)12-4-6-14-7-5-12/h9-10,15H,1-8H2. The Morgan fingerprint density at radius 2 is 2.06 bits per heavy atom. The van der Waals surface area contributed by atoms with Gasteiger partial charge in [-0.05, 0) is 30.1 Å². The number of hydrogen-bond acceptors (Lipinski definition) is 5. The van der Waals surface area contributed by atoms with Crippen LogP contribution in [-0.4, -0.2) is 42.4 Å². The lowest BCUT2D eigenvalue weighted by Crippen LogP contribution is -2.46. The maximum Gasteiger partial charge on any atom is 0.202 e. The number of nitrogens with zero attached hydrogens (tertiary/aromatic N) is 1. The molecule has 5 heteroatoms. The van der Waals surface area contributed by atoms with Crippen LogP contribution in [0.1, 0.15) is 25.7 Å². The number of thiol groups is 1. The van der Waals surface area contributed by atoms with E-state index in [1.54, 1.807) is 0 Å². The lowest BCUT2D eigenvalue weighted by molar-refractivity contribution is -0.116. The van der Waals surface area contributed by atoms with Crippen molar-refractivity contribution in [1.82, 2.24) is 4.90 Å². The molecule has 0 aromatic carbocycles. The molecule has 0 aromatic rings. The van der Waals surface area contributed by atoms with Crippen molar-refractivity contribution in [1.29, 1.82) is 0 Å². The SMILES string of the molecule is O=C(SS)C1CCCC(N2CCOCC2)C1. The van der Waals surface area contributed by atoms with Crippen LogP contribution in [0.25, 0.3) is 0 Å². The van der Waals surface area contributed by atoms with Gasteiger partial charge in [-0.1, -0.05) is 6.42 Å². The van der Waals surface area contributed by atoms with Crippen LogP contribution in [0, 0.1) is 5.92 Å². The van der Waals surface area contributed by atoms with E-state index in [9.17, 15) is 4.79 Å². The van der Waals surface area contributed by atoms with E-state index in [2.05, 4.69) is 16.6 Å². The molecule has 1 aliphatic carbocycles. The van der Waals surface area contributed by atoms with E-state index in [1.165, 1.54) is 12.8 Å². The summed E-state index contributed by atoms with van der Waals surface area (Å²) >= 11 is 4.02. The molecule has 2 fully saturated rings. The van der Waals surface area contributed by atoms with Crippen molar-refractivity contribution in [2.45, 2.75) is 31.7 Å². The lowest BCUT2D eigenvalue weighted by atomic mass is 9.85. The summed E-state index contributed by atoms with van der Waals surface area (Å²) in [6, 6.07) is 0.590. The van der Waals surface area contributed by atoms with Crippen molar-refractivity contribution < 1.29 is 9.53 Å². The zero-order valence-corrected chi connectivity index (χ0v) is 11.1. The monoisotopic (exact) mass is 261 g/mol. The van der Waals surface area contributed by atoms with Gasteiger partial charge >= 0.3 is 0 Å². The summed E-state index contributed by atoms with van der Waals surface area (Å²) in [5.41, 5.74) is 0. The van der Waals surface area contributed by atoms with Crippen molar-refractivity contribution in [3.8, 4) is 0 Å². The highest BCUT2D eigenvalue weighted by Crippen LogP contribution is 2.32. The Morgan fingerprint density at radius 3 is 2.75 bits per heavy atom. The Balaban J connectivity index is 1.87. The first-order chi connectivity index (χ1) is 7.81. The van der Waals surface area contributed by atoms with Crippen LogP contribution in [0.3, 0.4) is 0 Å². The topological polar surface area (TPSA) is 29.5 Å². The third-order valence-electron chi connectivity index (χ3n) is 3.63. The molecule has 3 nitrogen and oxygen atoms in total. The summed E-state index contributed by atoms with van der Waals surface area (Å²) in [5.74, 6) is 0.226. The molecular weight excluding hydrogens is 242 g/mol. The molecule has 2 unspecified atom stereocenters. The molecule has 0 radical (unpaired) electrons. The van der Waals surface area contributed by atoms with Crippen LogP contribution < -0.4 is 0 Å². The summed E-state index contributed by atoms with van der Waals surface area (Å²) in [4.78, 5) is 14.1. The van der Waals surface area contributed by atoms with E-state index in [-0.39, 0.29) is 11.0 Å². The lowest BCUT2D eigenvalue weighted by Gasteiger charge is -2.38. The van der Waals surface area contributed by atoms with Crippen molar-refractivity contribution in [2.24, 2.45) is 5.92 Å². The van der Waals surface area contributed by atoms with Gasteiger partial charge in [-0.3, -0.25) is 9.69 Å². The zero-order chi connectivity index (χ0) is 11.4. The second-order valence-electron chi connectivity index (χ2n) is 4.58. The van der Waals surface area contributed by atoms with Gasteiger partial charge in [0.2, 0.25) is 5.12 Å². The van der Waals surface area contributed by atoms with E-state index in [0.29, 0.717) is 6.04 Å². The number of ether oxygens (including phenoxy) is 1. The maximum absolute atomic E-state index is 11.6. The summed E-state index contributed by atoms with van der Waals surface area (Å²) in [6.45, 7) is 3.74. The quantitative estimate of drug-likeness (QED) is 0.608. The molecule has 92 valence electrons. The highest BCUT2D eigenvalue weighted by molar-refractivity contribution is 8.74. The molecule has 16 heavy (non-hydrogen) atoms. The molecule has 0 aromatic heterocycles. The maximum atomic E-state index is 11.6. The van der Waals surface area contributed by atoms with Gasteiger partial charge in [-0.2, -0.15) is 0 Å². The summed E-state index contributed by atoms with van der Waals surface area (Å²) in [7, 11) is 1.09. The predicted octanol–water partition coefficient (Wildman–Crippen LogP) is 1.98.